The normalized spacial score (nSPS) is 12.5. The molecule has 0 saturated heterocycles. The highest BCUT2D eigenvalue weighted by Gasteiger charge is 2.16. The van der Waals surface area contributed by atoms with Crippen LogP contribution >= 0.6 is 23.2 Å². The van der Waals surface area contributed by atoms with Crippen LogP contribution in [0.5, 0.6) is 5.75 Å². The van der Waals surface area contributed by atoms with E-state index in [4.69, 9.17) is 38.1 Å². The van der Waals surface area contributed by atoms with Gasteiger partial charge in [-0.15, -0.1) is 0 Å². The van der Waals surface area contributed by atoms with Crippen molar-refractivity contribution in [3.63, 3.8) is 0 Å². The molecular formula is C15H12Cl2N2O2. The van der Waals surface area contributed by atoms with Crippen molar-refractivity contribution in [2.75, 3.05) is 5.73 Å². The average Bonchev–Trinajstić information content (AvgIpc) is 2.85. The lowest BCUT2D eigenvalue weighted by molar-refractivity contribution is 0.192. The zero-order valence-corrected chi connectivity index (χ0v) is 12.7. The van der Waals surface area contributed by atoms with Crippen LogP contribution in [-0.2, 0) is 0 Å². The molecule has 3 aromatic rings. The molecule has 1 atom stereocenters. The number of nitrogens with two attached hydrogens (primary N) is 1. The van der Waals surface area contributed by atoms with Crippen LogP contribution in [0.15, 0.2) is 40.8 Å². The van der Waals surface area contributed by atoms with Gasteiger partial charge >= 0.3 is 0 Å². The maximum Gasteiger partial charge on any atom is 0.236 e. The first kappa shape index (κ1) is 14.0. The minimum Gasteiger partial charge on any atom is -0.479 e. The van der Waals surface area contributed by atoms with E-state index in [2.05, 4.69) is 4.98 Å². The average molecular weight is 323 g/mol. The summed E-state index contributed by atoms with van der Waals surface area (Å²) >= 11 is 11.9. The lowest BCUT2D eigenvalue weighted by Gasteiger charge is -2.12. The van der Waals surface area contributed by atoms with Gasteiger partial charge in [0.25, 0.3) is 0 Å². The van der Waals surface area contributed by atoms with Gasteiger partial charge in [-0.3, -0.25) is 0 Å². The zero-order valence-electron chi connectivity index (χ0n) is 11.1. The number of aromatic nitrogens is 1. The summed E-state index contributed by atoms with van der Waals surface area (Å²) in [5.74, 6) is 0.983. The maximum absolute atomic E-state index is 6.08. The summed E-state index contributed by atoms with van der Waals surface area (Å²) in [4.78, 5) is 4.38. The largest absolute Gasteiger partial charge is 0.479 e. The summed E-state index contributed by atoms with van der Waals surface area (Å²) in [6.07, 6.45) is -0.391. The van der Waals surface area contributed by atoms with Crippen LogP contribution in [0, 0.1) is 0 Å². The molecule has 0 spiro atoms. The predicted molar refractivity (Wildman–Crippen MR) is 83.9 cm³/mol. The third kappa shape index (κ3) is 2.91. The molecule has 0 saturated carbocycles. The number of hydrogen-bond acceptors (Lipinski definition) is 4. The van der Waals surface area contributed by atoms with E-state index in [-0.39, 0.29) is 0 Å². The molecule has 3 rings (SSSR count). The van der Waals surface area contributed by atoms with E-state index in [9.17, 15) is 0 Å². The molecule has 0 radical (unpaired) electrons. The van der Waals surface area contributed by atoms with Crippen LogP contribution in [0.25, 0.3) is 11.1 Å². The van der Waals surface area contributed by atoms with Crippen molar-refractivity contribution in [2.45, 2.75) is 13.0 Å². The van der Waals surface area contributed by atoms with Crippen molar-refractivity contribution in [3.8, 4) is 5.75 Å². The van der Waals surface area contributed by atoms with E-state index < -0.39 is 6.10 Å². The summed E-state index contributed by atoms with van der Waals surface area (Å²) in [6, 6.07) is 10.4. The second kappa shape index (κ2) is 5.47. The number of halogens is 2. The maximum atomic E-state index is 6.08. The fourth-order valence-corrected chi connectivity index (χ4v) is 2.40. The fraction of sp³-hybridized carbons (Fsp3) is 0.133. The van der Waals surface area contributed by atoms with E-state index in [0.29, 0.717) is 33.0 Å². The minimum atomic E-state index is -0.391. The Morgan fingerprint density at radius 3 is 2.76 bits per heavy atom. The number of fused-ring (bicyclic) bond motifs is 1. The second-order valence-corrected chi connectivity index (χ2v) is 5.46. The molecule has 0 aliphatic heterocycles. The summed E-state index contributed by atoms with van der Waals surface area (Å²) < 4.78 is 11.4. The van der Waals surface area contributed by atoms with Crippen LogP contribution in [0.1, 0.15) is 18.9 Å². The van der Waals surface area contributed by atoms with Crippen molar-refractivity contribution in [1.29, 1.82) is 0 Å². The van der Waals surface area contributed by atoms with Crippen molar-refractivity contribution in [2.24, 2.45) is 0 Å². The number of ether oxygens (including phenoxy) is 1. The Morgan fingerprint density at radius 1 is 1.19 bits per heavy atom. The van der Waals surface area contributed by atoms with Gasteiger partial charge in [-0.05, 0) is 37.3 Å². The molecule has 0 aliphatic carbocycles. The highest BCUT2D eigenvalue weighted by atomic mass is 35.5. The summed E-state index contributed by atoms with van der Waals surface area (Å²) in [5.41, 5.74) is 7.70. The van der Waals surface area contributed by atoms with Gasteiger partial charge in [0.05, 0.1) is 5.02 Å². The Hall–Kier alpha value is -1.91. The van der Waals surface area contributed by atoms with Gasteiger partial charge in [-0.1, -0.05) is 23.2 Å². The number of benzene rings is 2. The Bertz CT molecular complexity index is 801. The first-order valence-corrected chi connectivity index (χ1v) is 7.06. The van der Waals surface area contributed by atoms with Crippen molar-refractivity contribution >= 4 is 40.0 Å². The van der Waals surface area contributed by atoms with E-state index in [1.54, 1.807) is 36.4 Å². The van der Waals surface area contributed by atoms with Gasteiger partial charge in [0, 0.05) is 16.8 Å². The summed E-state index contributed by atoms with van der Waals surface area (Å²) in [5, 5.41) is 0.993. The first-order chi connectivity index (χ1) is 10.0. The predicted octanol–water partition coefficient (Wildman–Crippen LogP) is 4.86. The van der Waals surface area contributed by atoms with Gasteiger partial charge < -0.3 is 14.9 Å². The van der Waals surface area contributed by atoms with E-state index >= 15 is 0 Å². The van der Waals surface area contributed by atoms with Crippen LogP contribution < -0.4 is 10.5 Å². The van der Waals surface area contributed by atoms with E-state index in [0.717, 1.165) is 5.52 Å². The summed E-state index contributed by atoms with van der Waals surface area (Å²) in [7, 11) is 0. The molecule has 0 aliphatic rings. The molecule has 1 unspecified atom stereocenters. The topological polar surface area (TPSA) is 61.3 Å². The Labute approximate surface area is 131 Å². The fourth-order valence-electron chi connectivity index (χ4n) is 1.94. The second-order valence-electron chi connectivity index (χ2n) is 4.61. The number of hydrogen-bond donors (Lipinski definition) is 1. The molecule has 2 N–H and O–H groups in total. The van der Waals surface area contributed by atoms with Crippen molar-refractivity contribution in [1.82, 2.24) is 4.98 Å². The molecule has 108 valence electrons. The minimum absolute atomic E-state index is 0.391. The monoisotopic (exact) mass is 322 g/mol. The first-order valence-electron chi connectivity index (χ1n) is 6.30. The van der Waals surface area contributed by atoms with Gasteiger partial charge in [0.15, 0.2) is 11.7 Å². The number of nitrogen functional groups attached to an aromatic ring is 1. The molecule has 4 nitrogen and oxygen atoms in total. The van der Waals surface area contributed by atoms with Crippen LogP contribution in [0.3, 0.4) is 0 Å². The van der Waals surface area contributed by atoms with Crippen molar-refractivity contribution in [3.05, 3.63) is 52.3 Å². The quantitative estimate of drug-likeness (QED) is 0.699. The Balaban J connectivity index is 1.87. The van der Waals surface area contributed by atoms with Crippen LogP contribution in [0.2, 0.25) is 10.0 Å². The highest BCUT2D eigenvalue weighted by molar-refractivity contribution is 6.35. The van der Waals surface area contributed by atoms with Crippen molar-refractivity contribution < 1.29 is 9.15 Å². The van der Waals surface area contributed by atoms with Crippen LogP contribution in [0.4, 0.5) is 5.69 Å². The highest BCUT2D eigenvalue weighted by Crippen LogP contribution is 2.32. The zero-order chi connectivity index (χ0) is 15.0. The molecule has 2 aromatic carbocycles. The molecule has 0 fully saturated rings. The summed E-state index contributed by atoms with van der Waals surface area (Å²) in [6.45, 7) is 1.83. The standard InChI is InChI=1S/C15H12Cl2N2O2/c1-8(20-13-5-2-9(16)6-11(13)17)15-19-12-4-3-10(18)7-14(12)21-15/h2-8H,18H2,1H3. The molecule has 0 bridgehead atoms. The Morgan fingerprint density at radius 2 is 2.00 bits per heavy atom. The number of anilines is 1. The molecule has 21 heavy (non-hydrogen) atoms. The van der Waals surface area contributed by atoms with E-state index in [1.165, 1.54) is 0 Å². The smallest absolute Gasteiger partial charge is 0.236 e. The molecule has 1 heterocycles. The number of nitrogens with zero attached hydrogens (tertiary/aromatic N) is 1. The lowest BCUT2D eigenvalue weighted by Crippen LogP contribution is -2.03. The SMILES string of the molecule is CC(Oc1ccc(Cl)cc1Cl)c1nc2ccc(N)cc2o1. The molecule has 6 heteroatoms. The van der Waals surface area contributed by atoms with Gasteiger partial charge in [-0.2, -0.15) is 0 Å². The van der Waals surface area contributed by atoms with Gasteiger partial charge in [-0.25, -0.2) is 4.98 Å². The van der Waals surface area contributed by atoms with Gasteiger partial charge in [0.1, 0.15) is 11.3 Å². The third-order valence-corrected chi connectivity index (χ3v) is 3.50. The molecule has 1 aromatic heterocycles. The van der Waals surface area contributed by atoms with E-state index in [1.807, 2.05) is 6.92 Å². The molecule has 0 amide bonds. The molecular weight excluding hydrogens is 311 g/mol. The number of oxazole rings is 1. The lowest BCUT2D eigenvalue weighted by atomic mass is 10.3. The Kier molecular flexibility index (Phi) is 3.66. The van der Waals surface area contributed by atoms with Gasteiger partial charge in [0.2, 0.25) is 5.89 Å². The number of rotatable bonds is 3. The third-order valence-electron chi connectivity index (χ3n) is 2.97. The van der Waals surface area contributed by atoms with Crippen LogP contribution in [-0.4, -0.2) is 4.98 Å².